The maximum Gasteiger partial charge on any atom is 0.328 e. The van der Waals surface area contributed by atoms with Crippen molar-refractivity contribution in [2.75, 3.05) is 0 Å². The van der Waals surface area contributed by atoms with Crippen molar-refractivity contribution in [1.29, 1.82) is 0 Å². The maximum absolute atomic E-state index is 11.4. The average Bonchev–Trinajstić information content (AvgIpc) is 2.26. The van der Waals surface area contributed by atoms with Gasteiger partial charge in [-0.15, -0.1) is 0 Å². The molecule has 1 rings (SSSR count). The van der Waals surface area contributed by atoms with E-state index in [0.717, 1.165) is 11.5 Å². The SMILES string of the molecule is O=C(O)/C=C/S(=O)c1ccc([N+](=O)[O-])cc1. The summed E-state index contributed by atoms with van der Waals surface area (Å²) in [6, 6.07) is 5.06. The van der Waals surface area contributed by atoms with Gasteiger partial charge in [0, 0.05) is 28.5 Å². The van der Waals surface area contributed by atoms with E-state index < -0.39 is 21.7 Å². The van der Waals surface area contributed by atoms with Gasteiger partial charge < -0.3 is 5.11 Å². The van der Waals surface area contributed by atoms with Gasteiger partial charge in [0.1, 0.15) is 0 Å². The zero-order valence-corrected chi connectivity index (χ0v) is 8.72. The quantitative estimate of drug-likeness (QED) is 0.486. The van der Waals surface area contributed by atoms with Crippen LogP contribution in [0.1, 0.15) is 0 Å². The van der Waals surface area contributed by atoms with Gasteiger partial charge in [-0.25, -0.2) is 9.00 Å². The Balaban J connectivity index is 2.86. The summed E-state index contributed by atoms with van der Waals surface area (Å²) >= 11 is 0. The van der Waals surface area contributed by atoms with Gasteiger partial charge in [0.15, 0.2) is 0 Å². The first-order valence-corrected chi connectivity index (χ1v) is 5.28. The van der Waals surface area contributed by atoms with Gasteiger partial charge in [-0.05, 0) is 12.1 Å². The highest BCUT2D eigenvalue weighted by molar-refractivity contribution is 7.88. The van der Waals surface area contributed by atoms with Crippen molar-refractivity contribution in [3.05, 3.63) is 45.9 Å². The van der Waals surface area contributed by atoms with E-state index >= 15 is 0 Å². The monoisotopic (exact) mass is 241 g/mol. The number of benzene rings is 1. The van der Waals surface area contributed by atoms with Crippen molar-refractivity contribution in [2.45, 2.75) is 4.90 Å². The van der Waals surface area contributed by atoms with E-state index in [9.17, 15) is 19.1 Å². The number of non-ortho nitro benzene ring substituents is 1. The van der Waals surface area contributed by atoms with E-state index in [-0.39, 0.29) is 5.69 Å². The van der Waals surface area contributed by atoms with Crippen LogP contribution in [0.25, 0.3) is 0 Å². The zero-order valence-electron chi connectivity index (χ0n) is 7.90. The summed E-state index contributed by atoms with van der Waals surface area (Å²) in [6.07, 6.45) is 0.761. The minimum atomic E-state index is -1.61. The predicted molar refractivity (Wildman–Crippen MR) is 56.3 cm³/mol. The Bertz CT molecular complexity index is 465. The molecule has 0 saturated heterocycles. The van der Waals surface area contributed by atoms with Crippen LogP contribution in [0.15, 0.2) is 40.6 Å². The van der Waals surface area contributed by atoms with Crippen molar-refractivity contribution in [1.82, 2.24) is 0 Å². The molecule has 0 aliphatic heterocycles. The Morgan fingerprint density at radius 1 is 1.38 bits per heavy atom. The molecule has 7 heteroatoms. The number of nitrogens with zero attached hydrogens (tertiary/aromatic N) is 1. The van der Waals surface area contributed by atoms with E-state index in [2.05, 4.69) is 0 Å². The van der Waals surface area contributed by atoms with Gasteiger partial charge >= 0.3 is 5.97 Å². The molecule has 0 amide bonds. The maximum atomic E-state index is 11.4. The van der Waals surface area contributed by atoms with Gasteiger partial charge in [-0.3, -0.25) is 10.1 Å². The zero-order chi connectivity index (χ0) is 12.1. The Hall–Kier alpha value is -2.02. The third-order valence-corrected chi connectivity index (χ3v) is 2.73. The number of carboxylic acids is 1. The third kappa shape index (κ3) is 3.28. The third-order valence-electron chi connectivity index (χ3n) is 1.61. The number of hydrogen-bond donors (Lipinski definition) is 1. The highest BCUT2D eigenvalue weighted by Crippen LogP contribution is 2.14. The van der Waals surface area contributed by atoms with Crippen molar-refractivity contribution < 1.29 is 19.0 Å². The molecule has 1 atom stereocenters. The highest BCUT2D eigenvalue weighted by atomic mass is 32.2. The lowest BCUT2D eigenvalue weighted by Crippen LogP contribution is -1.92. The second-order valence-electron chi connectivity index (χ2n) is 2.69. The van der Waals surface area contributed by atoms with Gasteiger partial charge in [0.05, 0.1) is 15.7 Å². The molecule has 0 aliphatic carbocycles. The average molecular weight is 241 g/mol. The number of carbonyl (C=O) groups is 1. The summed E-state index contributed by atoms with van der Waals surface area (Å²) < 4.78 is 11.4. The molecular weight excluding hydrogens is 234 g/mol. The smallest absolute Gasteiger partial charge is 0.328 e. The molecule has 0 fully saturated rings. The lowest BCUT2D eigenvalue weighted by Gasteiger charge is -1.95. The highest BCUT2D eigenvalue weighted by Gasteiger charge is 2.06. The second kappa shape index (κ2) is 5.17. The molecule has 1 aromatic carbocycles. The number of rotatable bonds is 4. The van der Waals surface area contributed by atoms with Crippen LogP contribution in [0.3, 0.4) is 0 Å². The number of nitro groups is 1. The van der Waals surface area contributed by atoms with E-state index in [1.165, 1.54) is 24.3 Å². The summed E-state index contributed by atoms with van der Waals surface area (Å²) in [5.41, 5.74) is -0.108. The van der Waals surface area contributed by atoms with Crippen molar-refractivity contribution in [3.63, 3.8) is 0 Å². The molecule has 0 aliphatic rings. The summed E-state index contributed by atoms with van der Waals surface area (Å²) in [5.74, 6) is -1.20. The van der Waals surface area contributed by atoms with Gasteiger partial charge in [0.2, 0.25) is 0 Å². The number of hydrogen-bond acceptors (Lipinski definition) is 4. The van der Waals surface area contributed by atoms with Crippen LogP contribution < -0.4 is 0 Å². The Morgan fingerprint density at radius 3 is 2.38 bits per heavy atom. The fourth-order valence-corrected chi connectivity index (χ4v) is 1.70. The molecule has 0 spiro atoms. The lowest BCUT2D eigenvalue weighted by atomic mass is 10.3. The summed E-state index contributed by atoms with van der Waals surface area (Å²) in [5, 5.41) is 19.7. The molecule has 0 aromatic heterocycles. The minimum absolute atomic E-state index is 0.108. The Kier molecular flexibility index (Phi) is 3.90. The molecule has 1 N–H and O–H groups in total. The van der Waals surface area contributed by atoms with E-state index in [1.54, 1.807) is 0 Å². The number of carboxylic acid groups (broad SMARTS) is 1. The van der Waals surface area contributed by atoms with Crippen LogP contribution in [0.2, 0.25) is 0 Å². The standard InChI is InChI=1S/C9H7NO5S/c11-9(12)5-6-16(15)8-3-1-7(2-4-8)10(13)14/h1-6H,(H,11,12)/b6-5+. The molecule has 84 valence electrons. The van der Waals surface area contributed by atoms with Gasteiger partial charge in [0.25, 0.3) is 5.69 Å². The van der Waals surface area contributed by atoms with Crippen molar-refractivity contribution in [2.24, 2.45) is 0 Å². The molecule has 0 saturated carbocycles. The van der Waals surface area contributed by atoms with Crippen LogP contribution in [-0.4, -0.2) is 20.2 Å². The van der Waals surface area contributed by atoms with Gasteiger partial charge in [-0.2, -0.15) is 0 Å². The first-order valence-electron chi connectivity index (χ1n) is 4.07. The molecular formula is C9H7NO5S. The van der Waals surface area contributed by atoms with Crippen molar-refractivity contribution >= 4 is 22.5 Å². The molecule has 0 heterocycles. The predicted octanol–water partition coefficient (Wildman–Crippen LogP) is 1.30. The Labute approximate surface area is 92.8 Å². The topological polar surface area (TPSA) is 97.5 Å². The molecule has 1 aromatic rings. The summed E-state index contributed by atoms with van der Waals surface area (Å²) in [6.45, 7) is 0. The van der Waals surface area contributed by atoms with Crippen LogP contribution in [0.4, 0.5) is 5.69 Å². The van der Waals surface area contributed by atoms with E-state index in [1.807, 2.05) is 0 Å². The summed E-state index contributed by atoms with van der Waals surface area (Å²) in [7, 11) is -1.61. The van der Waals surface area contributed by atoms with Crippen LogP contribution in [-0.2, 0) is 15.6 Å². The second-order valence-corrected chi connectivity index (χ2v) is 4.03. The Morgan fingerprint density at radius 2 is 1.94 bits per heavy atom. The number of nitro benzene ring substituents is 1. The minimum Gasteiger partial charge on any atom is -0.478 e. The fraction of sp³-hybridized carbons (Fsp3) is 0. The molecule has 1 unspecified atom stereocenters. The number of aliphatic carboxylic acids is 1. The molecule has 16 heavy (non-hydrogen) atoms. The molecule has 0 bridgehead atoms. The van der Waals surface area contributed by atoms with Crippen LogP contribution in [0, 0.1) is 10.1 Å². The first-order chi connectivity index (χ1) is 7.50. The van der Waals surface area contributed by atoms with Gasteiger partial charge in [-0.1, -0.05) is 0 Å². The first kappa shape index (κ1) is 12.1. The lowest BCUT2D eigenvalue weighted by molar-refractivity contribution is -0.384. The summed E-state index contributed by atoms with van der Waals surface area (Å²) in [4.78, 5) is 20.2. The molecule has 0 radical (unpaired) electrons. The molecule has 6 nitrogen and oxygen atoms in total. The van der Waals surface area contributed by atoms with Crippen LogP contribution in [0.5, 0.6) is 0 Å². The van der Waals surface area contributed by atoms with E-state index in [0.29, 0.717) is 4.90 Å². The van der Waals surface area contributed by atoms with Crippen molar-refractivity contribution in [3.8, 4) is 0 Å². The normalized spacial score (nSPS) is 12.5. The fourth-order valence-electron chi connectivity index (χ4n) is 0.901. The van der Waals surface area contributed by atoms with E-state index in [4.69, 9.17) is 5.11 Å². The van der Waals surface area contributed by atoms with Crippen LogP contribution >= 0.6 is 0 Å². The largest absolute Gasteiger partial charge is 0.478 e.